The van der Waals surface area contributed by atoms with E-state index in [4.69, 9.17) is 0 Å². The Bertz CT molecular complexity index is 347. The molecule has 0 radical (unpaired) electrons. The molecule has 1 aromatic heterocycles. The minimum atomic E-state index is -0.367. The molecule has 1 aliphatic carbocycles. The fraction of sp³-hybridized carbons (Fsp3) is 0.750. The van der Waals surface area contributed by atoms with E-state index in [-0.39, 0.29) is 6.10 Å². The quantitative estimate of drug-likeness (QED) is 0.902. The predicted molar refractivity (Wildman–Crippen MR) is 67.1 cm³/mol. The summed E-state index contributed by atoms with van der Waals surface area (Å²) in [4.78, 5) is 0. The molecule has 0 bridgehead atoms. The van der Waals surface area contributed by atoms with Crippen LogP contribution in [0.5, 0.6) is 0 Å². The Labute approximate surface area is 105 Å². The first-order valence-electron chi connectivity index (χ1n) is 6.11. The molecule has 3 nitrogen and oxygen atoms in total. The highest BCUT2D eigenvalue weighted by atomic mass is 79.9. The van der Waals surface area contributed by atoms with E-state index < -0.39 is 0 Å². The maximum absolute atomic E-state index is 10.2. The Kier molecular flexibility index (Phi) is 4.03. The van der Waals surface area contributed by atoms with Gasteiger partial charge in [0.2, 0.25) is 0 Å². The maximum Gasteiger partial charge on any atom is 0.0970 e. The molecule has 1 aliphatic rings. The average Bonchev–Trinajstić information content (AvgIpc) is 2.54. The number of hydrogen-bond acceptors (Lipinski definition) is 2. The lowest BCUT2D eigenvalue weighted by Gasteiger charge is -2.27. The summed E-state index contributed by atoms with van der Waals surface area (Å²) in [5.41, 5.74) is 0.953. The molecule has 4 heteroatoms. The fourth-order valence-corrected chi connectivity index (χ4v) is 2.81. The molecule has 0 spiro atoms. The zero-order chi connectivity index (χ0) is 11.5. The molecular formula is C12H19BrN2O. The Morgan fingerprint density at radius 1 is 1.62 bits per heavy atom. The Morgan fingerprint density at radius 3 is 2.94 bits per heavy atom. The Hall–Kier alpha value is -0.350. The number of aromatic nitrogens is 2. The van der Waals surface area contributed by atoms with E-state index >= 15 is 0 Å². The molecule has 16 heavy (non-hydrogen) atoms. The lowest BCUT2D eigenvalue weighted by Crippen LogP contribution is -2.17. The standard InChI is InChI=1S/C12H19BrN2O/c1-2-6-15-12(10(13)8-14-15)11(16)7-9-4-3-5-9/h8-9,11,16H,2-7H2,1H3. The van der Waals surface area contributed by atoms with Gasteiger partial charge in [-0.3, -0.25) is 4.68 Å². The third kappa shape index (κ3) is 2.48. The minimum Gasteiger partial charge on any atom is -0.387 e. The largest absolute Gasteiger partial charge is 0.387 e. The number of rotatable bonds is 5. The lowest BCUT2D eigenvalue weighted by atomic mass is 9.81. The van der Waals surface area contributed by atoms with Gasteiger partial charge in [0.15, 0.2) is 0 Å². The zero-order valence-corrected chi connectivity index (χ0v) is 11.3. The van der Waals surface area contributed by atoms with Crippen molar-refractivity contribution in [2.24, 2.45) is 5.92 Å². The van der Waals surface area contributed by atoms with Crippen LogP contribution in [0.15, 0.2) is 10.7 Å². The van der Waals surface area contributed by atoms with Crippen LogP contribution in [0.4, 0.5) is 0 Å². The Balaban J connectivity index is 2.07. The molecule has 1 atom stereocenters. The average molecular weight is 287 g/mol. The number of aryl methyl sites for hydroxylation is 1. The summed E-state index contributed by atoms with van der Waals surface area (Å²) >= 11 is 3.47. The number of aliphatic hydroxyl groups excluding tert-OH is 1. The van der Waals surface area contributed by atoms with Gasteiger partial charge in [0, 0.05) is 6.54 Å². The van der Waals surface area contributed by atoms with Crippen LogP contribution < -0.4 is 0 Å². The molecule has 1 fully saturated rings. The van der Waals surface area contributed by atoms with Gasteiger partial charge in [0.05, 0.1) is 22.5 Å². The van der Waals surface area contributed by atoms with Crippen LogP contribution in [-0.4, -0.2) is 14.9 Å². The van der Waals surface area contributed by atoms with E-state index in [9.17, 15) is 5.11 Å². The zero-order valence-electron chi connectivity index (χ0n) is 9.69. The van der Waals surface area contributed by atoms with E-state index in [1.807, 2.05) is 4.68 Å². The molecule has 1 heterocycles. The Morgan fingerprint density at radius 2 is 2.38 bits per heavy atom. The molecule has 1 unspecified atom stereocenters. The van der Waals surface area contributed by atoms with E-state index in [1.165, 1.54) is 19.3 Å². The van der Waals surface area contributed by atoms with Crippen molar-refractivity contribution in [1.29, 1.82) is 0 Å². The van der Waals surface area contributed by atoms with E-state index in [0.29, 0.717) is 5.92 Å². The van der Waals surface area contributed by atoms with Crippen molar-refractivity contribution in [1.82, 2.24) is 9.78 Å². The fourth-order valence-electron chi connectivity index (χ4n) is 2.25. The summed E-state index contributed by atoms with van der Waals surface area (Å²) in [5.74, 6) is 0.715. The second-order valence-corrected chi connectivity index (χ2v) is 5.50. The summed E-state index contributed by atoms with van der Waals surface area (Å²) in [6.45, 7) is 3.00. The van der Waals surface area contributed by atoms with Crippen LogP contribution in [0.25, 0.3) is 0 Å². The first-order valence-corrected chi connectivity index (χ1v) is 6.91. The van der Waals surface area contributed by atoms with Gasteiger partial charge in [-0.1, -0.05) is 26.2 Å². The van der Waals surface area contributed by atoms with Gasteiger partial charge >= 0.3 is 0 Å². The van der Waals surface area contributed by atoms with Gasteiger partial charge in [-0.2, -0.15) is 5.10 Å². The lowest BCUT2D eigenvalue weighted by molar-refractivity contribution is 0.109. The molecule has 90 valence electrons. The van der Waals surface area contributed by atoms with Gasteiger partial charge in [-0.15, -0.1) is 0 Å². The molecule has 2 rings (SSSR count). The molecule has 0 aliphatic heterocycles. The maximum atomic E-state index is 10.2. The summed E-state index contributed by atoms with van der Waals surface area (Å²) in [6.07, 6.45) is 7.22. The molecule has 1 saturated carbocycles. The summed E-state index contributed by atoms with van der Waals surface area (Å²) in [5, 5.41) is 14.5. The second-order valence-electron chi connectivity index (χ2n) is 4.65. The van der Waals surface area contributed by atoms with E-state index in [1.54, 1.807) is 6.20 Å². The third-order valence-corrected chi connectivity index (χ3v) is 3.98. The first kappa shape index (κ1) is 12.1. The van der Waals surface area contributed by atoms with Gasteiger partial charge < -0.3 is 5.11 Å². The summed E-state index contributed by atoms with van der Waals surface area (Å²) < 4.78 is 2.86. The van der Waals surface area contributed by atoms with Crippen molar-refractivity contribution in [3.8, 4) is 0 Å². The van der Waals surface area contributed by atoms with Crippen LogP contribution in [0, 0.1) is 5.92 Å². The highest BCUT2D eigenvalue weighted by Gasteiger charge is 2.25. The molecule has 0 amide bonds. The molecule has 1 N–H and O–H groups in total. The van der Waals surface area contributed by atoms with Crippen LogP contribution >= 0.6 is 15.9 Å². The van der Waals surface area contributed by atoms with Crippen molar-refractivity contribution in [3.05, 3.63) is 16.4 Å². The van der Waals surface area contributed by atoms with Crippen molar-refractivity contribution < 1.29 is 5.11 Å². The third-order valence-electron chi connectivity index (χ3n) is 3.37. The smallest absolute Gasteiger partial charge is 0.0970 e. The SMILES string of the molecule is CCCn1ncc(Br)c1C(O)CC1CCC1. The monoisotopic (exact) mass is 286 g/mol. The number of halogens is 1. The molecule has 0 aromatic carbocycles. The van der Waals surface area contributed by atoms with Gasteiger partial charge in [0.25, 0.3) is 0 Å². The molecule has 1 aromatic rings. The molecular weight excluding hydrogens is 268 g/mol. The summed E-state index contributed by atoms with van der Waals surface area (Å²) in [7, 11) is 0. The van der Waals surface area contributed by atoms with E-state index in [2.05, 4.69) is 28.0 Å². The van der Waals surface area contributed by atoms with Crippen LogP contribution in [0.1, 0.15) is 50.8 Å². The van der Waals surface area contributed by atoms with Crippen molar-refractivity contribution in [3.63, 3.8) is 0 Å². The second kappa shape index (κ2) is 5.32. The highest BCUT2D eigenvalue weighted by Crippen LogP contribution is 2.36. The summed E-state index contributed by atoms with van der Waals surface area (Å²) in [6, 6.07) is 0. The van der Waals surface area contributed by atoms with Crippen LogP contribution in [0.2, 0.25) is 0 Å². The van der Waals surface area contributed by atoms with E-state index in [0.717, 1.165) is 29.6 Å². The van der Waals surface area contributed by atoms with Gasteiger partial charge in [-0.25, -0.2) is 0 Å². The van der Waals surface area contributed by atoms with Gasteiger partial charge in [0.1, 0.15) is 0 Å². The molecule has 0 saturated heterocycles. The first-order chi connectivity index (χ1) is 7.72. The number of aliphatic hydroxyl groups is 1. The van der Waals surface area contributed by atoms with Crippen LogP contribution in [-0.2, 0) is 6.54 Å². The number of nitrogens with zero attached hydrogens (tertiary/aromatic N) is 2. The van der Waals surface area contributed by atoms with Crippen molar-refractivity contribution in [2.45, 2.75) is 51.7 Å². The minimum absolute atomic E-state index is 0.367. The predicted octanol–water partition coefficient (Wildman–Crippen LogP) is 3.28. The highest BCUT2D eigenvalue weighted by molar-refractivity contribution is 9.10. The van der Waals surface area contributed by atoms with Gasteiger partial charge in [-0.05, 0) is 34.7 Å². The van der Waals surface area contributed by atoms with Crippen LogP contribution in [0.3, 0.4) is 0 Å². The van der Waals surface area contributed by atoms with Crippen molar-refractivity contribution in [2.75, 3.05) is 0 Å². The topological polar surface area (TPSA) is 38.0 Å². The van der Waals surface area contributed by atoms with Crippen molar-refractivity contribution >= 4 is 15.9 Å². The normalized spacial score (nSPS) is 18.4. The number of hydrogen-bond donors (Lipinski definition) is 1.